The molecule has 8 nitrogen and oxygen atoms in total. The molecule has 8 heteroatoms. The van der Waals surface area contributed by atoms with Crippen molar-refractivity contribution in [2.45, 2.75) is 18.8 Å². The molecule has 3 heterocycles. The number of rotatable bonds is 2. The molecule has 3 aliphatic rings. The summed E-state index contributed by atoms with van der Waals surface area (Å²) in [5.74, 6) is 0.388. The van der Waals surface area contributed by atoms with Gasteiger partial charge in [0.1, 0.15) is 0 Å². The molecule has 25 heavy (non-hydrogen) atoms. The van der Waals surface area contributed by atoms with Crippen LogP contribution >= 0.6 is 0 Å². The van der Waals surface area contributed by atoms with E-state index in [4.69, 9.17) is 15.7 Å². The third-order valence-electron chi connectivity index (χ3n) is 4.80. The van der Waals surface area contributed by atoms with Crippen LogP contribution < -0.4 is 21.7 Å². The molecule has 0 radical (unpaired) electrons. The molecule has 1 aromatic rings. The van der Waals surface area contributed by atoms with Gasteiger partial charge in [-0.25, -0.2) is 4.90 Å². The molecule has 0 amide bonds. The zero-order valence-corrected chi connectivity index (χ0v) is 14.4. The van der Waals surface area contributed by atoms with Crippen LogP contribution in [0.2, 0.25) is 0 Å². The number of nitrogens with two attached hydrogens (primary N) is 1. The van der Waals surface area contributed by atoms with Crippen molar-refractivity contribution in [1.29, 1.82) is 0 Å². The Morgan fingerprint density at radius 1 is 1.00 bits per heavy atom. The van der Waals surface area contributed by atoms with E-state index in [1.807, 2.05) is 30.3 Å². The second-order valence-electron chi connectivity index (χ2n) is 6.63. The highest BCUT2D eigenvalue weighted by Crippen LogP contribution is 2.20. The van der Waals surface area contributed by atoms with Crippen LogP contribution in [0.4, 0.5) is 5.69 Å². The van der Waals surface area contributed by atoms with Crippen LogP contribution in [0.3, 0.4) is 0 Å². The Balaban J connectivity index is 1.61. The van der Waals surface area contributed by atoms with Crippen molar-refractivity contribution >= 4 is 17.6 Å². The fourth-order valence-electron chi connectivity index (χ4n) is 3.44. The van der Waals surface area contributed by atoms with Gasteiger partial charge in [0, 0.05) is 45.0 Å². The van der Waals surface area contributed by atoms with E-state index in [0.29, 0.717) is 5.96 Å². The number of nitrogens with one attached hydrogen (secondary N) is 3. The van der Waals surface area contributed by atoms with Crippen LogP contribution in [0.1, 0.15) is 12.8 Å². The largest absolute Gasteiger partial charge is 0.343 e. The number of hydrogen-bond acceptors (Lipinski definition) is 8. The predicted molar refractivity (Wildman–Crippen MR) is 100 cm³/mol. The summed E-state index contributed by atoms with van der Waals surface area (Å²) in [6.45, 7) is 5.46. The number of guanidine groups is 2. The highest BCUT2D eigenvalue weighted by atomic mass is 15.6. The lowest BCUT2D eigenvalue weighted by Crippen LogP contribution is -2.64. The van der Waals surface area contributed by atoms with E-state index in [9.17, 15) is 0 Å². The van der Waals surface area contributed by atoms with Crippen LogP contribution in [-0.4, -0.2) is 66.9 Å². The van der Waals surface area contributed by atoms with Gasteiger partial charge in [-0.1, -0.05) is 18.2 Å². The molecule has 0 aliphatic carbocycles. The number of anilines is 1. The number of piperazine rings is 1. The van der Waals surface area contributed by atoms with Gasteiger partial charge in [0.15, 0.2) is 0 Å². The van der Waals surface area contributed by atoms with Gasteiger partial charge in [-0.15, -0.1) is 0 Å². The van der Waals surface area contributed by atoms with E-state index in [0.717, 1.165) is 50.9 Å². The molecule has 0 saturated carbocycles. The first-order valence-electron chi connectivity index (χ1n) is 9.01. The van der Waals surface area contributed by atoms with Crippen LogP contribution in [-0.2, 0) is 0 Å². The molecule has 134 valence electrons. The summed E-state index contributed by atoms with van der Waals surface area (Å²) in [5.41, 5.74) is 7.62. The Bertz CT molecular complexity index is 646. The van der Waals surface area contributed by atoms with Crippen molar-refractivity contribution in [3.05, 3.63) is 30.3 Å². The smallest absolute Gasteiger partial charge is 0.271 e. The third kappa shape index (κ3) is 3.60. The number of hydrogen-bond donors (Lipinski definition) is 4. The minimum Gasteiger partial charge on any atom is -0.343 e. The van der Waals surface area contributed by atoms with Gasteiger partial charge < -0.3 is 15.5 Å². The second-order valence-corrected chi connectivity index (χ2v) is 6.63. The Hall–Kier alpha value is -2.16. The lowest BCUT2D eigenvalue weighted by Gasteiger charge is -2.40. The third-order valence-corrected chi connectivity index (χ3v) is 4.80. The summed E-state index contributed by atoms with van der Waals surface area (Å²) < 4.78 is 0. The molecule has 3 aliphatic heterocycles. The molecular formula is C17H26N8. The second kappa shape index (κ2) is 6.99. The van der Waals surface area contributed by atoms with Gasteiger partial charge in [-0.05, 0) is 25.0 Å². The molecule has 0 spiro atoms. The van der Waals surface area contributed by atoms with Crippen molar-refractivity contribution in [2.24, 2.45) is 15.7 Å². The highest BCUT2D eigenvalue weighted by molar-refractivity contribution is 6.06. The molecule has 5 N–H and O–H groups in total. The monoisotopic (exact) mass is 342 g/mol. The molecule has 1 aromatic carbocycles. The fourth-order valence-corrected chi connectivity index (χ4v) is 3.44. The summed E-state index contributed by atoms with van der Waals surface area (Å²) >= 11 is 0. The lowest BCUT2D eigenvalue weighted by molar-refractivity contribution is 0.0892. The Labute approximate surface area is 148 Å². The molecule has 4 rings (SSSR count). The number of aliphatic imine (C=N–C) groups is 2. The van der Waals surface area contributed by atoms with Crippen LogP contribution in [0.15, 0.2) is 40.3 Å². The molecule has 0 aromatic heterocycles. The van der Waals surface area contributed by atoms with E-state index in [1.54, 1.807) is 0 Å². The summed E-state index contributed by atoms with van der Waals surface area (Å²) in [7, 11) is 0. The first kappa shape index (κ1) is 16.3. The van der Waals surface area contributed by atoms with Crippen molar-refractivity contribution in [3.63, 3.8) is 0 Å². The van der Waals surface area contributed by atoms with E-state index in [2.05, 4.69) is 25.8 Å². The maximum absolute atomic E-state index is 6.65. The van der Waals surface area contributed by atoms with Crippen LogP contribution in [0.5, 0.6) is 0 Å². The predicted octanol–water partition coefficient (Wildman–Crippen LogP) is -0.0153. The van der Waals surface area contributed by atoms with E-state index in [-0.39, 0.29) is 0 Å². The highest BCUT2D eigenvalue weighted by Gasteiger charge is 2.38. The quantitative estimate of drug-likeness (QED) is 0.604. The molecule has 2 fully saturated rings. The van der Waals surface area contributed by atoms with Gasteiger partial charge in [0.2, 0.25) is 11.9 Å². The number of likely N-dealkylation sites (tertiary alicyclic amines) is 1. The standard InChI is InChI=1S/C17H26N8/c18-17(25-12-8-19-9-13-25)22-15(20-14-6-2-1-3-7-14)21-16(23-17)24-10-4-5-11-24/h1-3,6-7,19H,4-5,8-13,18H2,(H2,20,21,22,23). The van der Waals surface area contributed by atoms with Crippen LogP contribution in [0.25, 0.3) is 0 Å². The summed E-state index contributed by atoms with van der Waals surface area (Å²) in [5, 5.41) is 10.0. The number of para-hydroxylation sites is 1. The van der Waals surface area contributed by atoms with Crippen LogP contribution in [0, 0.1) is 0 Å². The Morgan fingerprint density at radius 3 is 2.44 bits per heavy atom. The molecular weight excluding hydrogens is 316 g/mol. The molecule has 0 bridgehead atoms. The topological polar surface area (TPSA) is 93.3 Å². The van der Waals surface area contributed by atoms with Gasteiger partial charge >= 0.3 is 0 Å². The normalized spacial score (nSPS) is 27.5. The van der Waals surface area contributed by atoms with Crippen molar-refractivity contribution in [1.82, 2.24) is 20.4 Å². The van der Waals surface area contributed by atoms with Gasteiger partial charge in [0.05, 0.1) is 0 Å². The zero-order valence-electron chi connectivity index (χ0n) is 14.4. The molecule has 1 atom stereocenters. The first-order chi connectivity index (χ1) is 12.2. The number of nitrogens with zero attached hydrogens (tertiary/aromatic N) is 4. The molecule has 1 unspecified atom stereocenters. The minimum absolute atomic E-state index is 0.643. The Kier molecular flexibility index (Phi) is 4.56. The summed E-state index contributed by atoms with van der Waals surface area (Å²) in [6.07, 6.45) is 2.37. The van der Waals surface area contributed by atoms with E-state index >= 15 is 0 Å². The summed E-state index contributed by atoms with van der Waals surface area (Å²) in [4.78, 5) is 13.9. The Morgan fingerprint density at radius 2 is 1.72 bits per heavy atom. The minimum atomic E-state index is -1.07. The average molecular weight is 342 g/mol. The lowest BCUT2D eigenvalue weighted by atomic mass is 10.3. The van der Waals surface area contributed by atoms with Crippen molar-refractivity contribution < 1.29 is 0 Å². The van der Waals surface area contributed by atoms with Crippen molar-refractivity contribution in [3.8, 4) is 0 Å². The maximum Gasteiger partial charge on any atom is 0.271 e. The van der Waals surface area contributed by atoms with Gasteiger partial charge in [-0.3, -0.25) is 11.1 Å². The van der Waals surface area contributed by atoms with Gasteiger partial charge in [-0.2, -0.15) is 9.98 Å². The van der Waals surface area contributed by atoms with Crippen molar-refractivity contribution in [2.75, 3.05) is 44.6 Å². The van der Waals surface area contributed by atoms with E-state index < -0.39 is 5.91 Å². The molecule has 2 saturated heterocycles. The maximum atomic E-state index is 6.65. The average Bonchev–Trinajstić information content (AvgIpc) is 3.18. The zero-order chi connectivity index (χ0) is 17.1. The summed E-state index contributed by atoms with van der Waals surface area (Å²) in [6, 6.07) is 10.00. The van der Waals surface area contributed by atoms with E-state index in [1.165, 1.54) is 12.8 Å². The first-order valence-corrected chi connectivity index (χ1v) is 9.01. The fraction of sp³-hybridized carbons (Fsp3) is 0.529. The van der Waals surface area contributed by atoms with Gasteiger partial charge in [0.25, 0.3) is 5.91 Å². The number of benzene rings is 1. The SMILES string of the molecule is NC1(N2CCNCC2)N=C(Nc2ccccc2)NC(N2CCCC2)=N1.